The average molecular weight is 277 g/mol. The number of pyridine rings is 1. The number of nitrogens with zero attached hydrogens (tertiary/aromatic N) is 2. The zero-order valence-corrected chi connectivity index (χ0v) is 10.9. The number of hydrogen-bond acceptors (Lipinski definition) is 2. The first-order valence-electron chi connectivity index (χ1n) is 5.66. The Bertz CT molecular complexity index is 754. The van der Waals surface area contributed by atoms with E-state index < -0.39 is 0 Å². The molecular weight excluding hydrogens is 267 g/mol. The van der Waals surface area contributed by atoms with Crippen molar-refractivity contribution >= 4 is 17.2 Å². The summed E-state index contributed by atoms with van der Waals surface area (Å²) < 4.78 is 20.9. The fourth-order valence-electron chi connectivity index (χ4n) is 2.01. The normalized spacial score (nSPS) is 10.9. The monoisotopic (exact) mass is 276 g/mol. The largest absolute Gasteiger partial charge is 0.496 e. The van der Waals surface area contributed by atoms with E-state index in [1.165, 1.54) is 13.2 Å². The van der Waals surface area contributed by atoms with E-state index >= 15 is 0 Å². The van der Waals surface area contributed by atoms with Crippen molar-refractivity contribution in [3.8, 4) is 17.0 Å². The van der Waals surface area contributed by atoms with Crippen molar-refractivity contribution in [2.75, 3.05) is 7.11 Å². The molecule has 0 unspecified atom stereocenters. The van der Waals surface area contributed by atoms with Crippen LogP contribution in [0.2, 0.25) is 5.02 Å². The molecule has 0 saturated carbocycles. The summed E-state index contributed by atoms with van der Waals surface area (Å²) in [5, 5.41) is 0.594. The third-order valence-corrected chi connectivity index (χ3v) is 3.09. The highest BCUT2D eigenvalue weighted by Gasteiger charge is 2.14. The Morgan fingerprint density at radius 3 is 2.84 bits per heavy atom. The Balaban J connectivity index is 2.24. The first-order chi connectivity index (χ1) is 9.19. The Morgan fingerprint density at radius 1 is 1.21 bits per heavy atom. The Morgan fingerprint density at radius 2 is 2.05 bits per heavy atom. The highest BCUT2D eigenvalue weighted by molar-refractivity contribution is 6.30. The third kappa shape index (κ3) is 2.04. The standard InChI is InChI=1S/C14H10ClFN2O/c1-19-12-4-2-3-10(16)14(12)11-8-18-7-9(15)5-6-13(18)17-11/h2-8H,1H3. The lowest BCUT2D eigenvalue weighted by atomic mass is 10.1. The number of hydrogen-bond donors (Lipinski definition) is 0. The van der Waals surface area contributed by atoms with Crippen LogP contribution in [-0.4, -0.2) is 16.5 Å². The second-order valence-corrected chi connectivity index (χ2v) is 4.49. The zero-order valence-electron chi connectivity index (χ0n) is 10.1. The van der Waals surface area contributed by atoms with Crippen LogP contribution in [0.3, 0.4) is 0 Å². The lowest BCUT2D eigenvalue weighted by Crippen LogP contribution is -1.91. The fourth-order valence-corrected chi connectivity index (χ4v) is 2.18. The van der Waals surface area contributed by atoms with Crippen molar-refractivity contribution in [2.45, 2.75) is 0 Å². The molecule has 3 rings (SSSR count). The van der Waals surface area contributed by atoms with E-state index in [0.29, 0.717) is 27.7 Å². The van der Waals surface area contributed by atoms with Crippen LogP contribution in [0.15, 0.2) is 42.7 Å². The first-order valence-corrected chi connectivity index (χ1v) is 6.04. The zero-order chi connectivity index (χ0) is 13.4. The summed E-state index contributed by atoms with van der Waals surface area (Å²) in [5.41, 5.74) is 1.56. The van der Waals surface area contributed by atoms with Crippen molar-refractivity contribution in [3.63, 3.8) is 0 Å². The summed E-state index contributed by atoms with van der Waals surface area (Å²) in [4.78, 5) is 4.38. The number of aromatic nitrogens is 2. The second kappa shape index (κ2) is 4.55. The van der Waals surface area contributed by atoms with Gasteiger partial charge in [-0.1, -0.05) is 17.7 Å². The van der Waals surface area contributed by atoms with E-state index in [-0.39, 0.29) is 5.82 Å². The van der Waals surface area contributed by atoms with Crippen LogP contribution in [0.4, 0.5) is 4.39 Å². The van der Waals surface area contributed by atoms with Crippen LogP contribution < -0.4 is 4.74 Å². The highest BCUT2D eigenvalue weighted by atomic mass is 35.5. The second-order valence-electron chi connectivity index (χ2n) is 4.06. The molecule has 0 amide bonds. The molecule has 0 N–H and O–H groups in total. The van der Waals surface area contributed by atoms with Crippen molar-refractivity contribution in [2.24, 2.45) is 0 Å². The summed E-state index contributed by atoms with van der Waals surface area (Å²) in [6, 6.07) is 8.21. The fraction of sp³-hybridized carbons (Fsp3) is 0.0714. The van der Waals surface area contributed by atoms with Crippen LogP contribution >= 0.6 is 11.6 Å². The van der Waals surface area contributed by atoms with E-state index in [9.17, 15) is 4.39 Å². The molecule has 0 aliphatic rings. The number of fused-ring (bicyclic) bond motifs is 1. The lowest BCUT2D eigenvalue weighted by Gasteiger charge is -2.06. The minimum atomic E-state index is -0.367. The van der Waals surface area contributed by atoms with Crippen LogP contribution in [0, 0.1) is 5.82 Å². The van der Waals surface area contributed by atoms with Gasteiger partial charge in [0.15, 0.2) is 0 Å². The lowest BCUT2D eigenvalue weighted by molar-refractivity contribution is 0.413. The molecule has 0 aliphatic carbocycles. The van der Waals surface area contributed by atoms with Crippen molar-refractivity contribution in [1.82, 2.24) is 9.38 Å². The van der Waals surface area contributed by atoms with Gasteiger partial charge in [-0.05, 0) is 24.3 Å². The van der Waals surface area contributed by atoms with Gasteiger partial charge >= 0.3 is 0 Å². The molecule has 3 nitrogen and oxygen atoms in total. The van der Waals surface area contributed by atoms with E-state index in [1.807, 2.05) is 0 Å². The Kier molecular flexibility index (Phi) is 2.87. The molecule has 19 heavy (non-hydrogen) atoms. The van der Waals surface area contributed by atoms with Gasteiger partial charge in [-0.3, -0.25) is 0 Å². The maximum Gasteiger partial charge on any atom is 0.137 e. The SMILES string of the molecule is COc1cccc(F)c1-c1cn2cc(Cl)ccc2n1. The third-order valence-electron chi connectivity index (χ3n) is 2.87. The van der Waals surface area contributed by atoms with Gasteiger partial charge in [-0.2, -0.15) is 0 Å². The molecule has 2 heterocycles. The molecular formula is C14H10ClFN2O. The predicted molar refractivity (Wildman–Crippen MR) is 72.1 cm³/mol. The molecule has 0 aliphatic heterocycles. The van der Waals surface area contributed by atoms with Gasteiger partial charge < -0.3 is 9.14 Å². The molecule has 0 atom stereocenters. The minimum Gasteiger partial charge on any atom is -0.496 e. The van der Waals surface area contributed by atoms with Crippen LogP contribution in [0.1, 0.15) is 0 Å². The Hall–Kier alpha value is -2.07. The minimum absolute atomic E-state index is 0.352. The number of halogens is 2. The maximum absolute atomic E-state index is 14.0. The molecule has 5 heteroatoms. The van der Waals surface area contributed by atoms with Gasteiger partial charge in [-0.25, -0.2) is 9.37 Å². The van der Waals surface area contributed by atoms with Crippen LogP contribution in [-0.2, 0) is 0 Å². The molecule has 0 fully saturated rings. The molecule has 1 aromatic carbocycles. The topological polar surface area (TPSA) is 26.5 Å². The molecule has 0 saturated heterocycles. The predicted octanol–water partition coefficient (Wildman–Crippen LogP) is 3.80. The summed E-state index contributed by atoms with van der Waals surface area (Å²) in [7, 11) is 1.50. The highest BCUT2D eigenvalue weighted by Crippen LogP contribution is 2.32. The number of rotatable bonds is 2. The number of ether oxygens (including phenoxy) is 1. The molecule has 96 valence electrons. The summed E-state index contributed by atoms with van der Waals surface area (Å²) in [5.74, 6) is 0.0864. The molecule has 0 bridgehead atoms. The van der Waals surface area contributed by atoms with Gasteiger partial charge in [0.05, 0.1) is 23.4 Å². The van der Waals surface area contributed by atoms with E-state index in [1.54, 1.807) is 41.1 Å². The van der Waals surface area contributed by atoms with Crippen molar-refractivity contribution < 1.29 is 9.13 Å². The first kappa shape index (κ1) is 12.0. The number of benzene rings is 1. The van der Waals surface area contributed by atoms with E-state index in [0.717, 1.165) is 0 Å². The number of methoxy groups -OCH3 is 1. The maximum atomic E-state index is 14.0. The quantitative estimate of drug-likeness (QED) is 0.712. The van der Waals surface area contributed by atoms with Crippen LogP contribution in [0.5, 0.6) is 5.75 Å². The Labute approximate surface area is 114 Å². The van der Waals surface area contributed by atoms with Gasteiger partial charge in [0.2, 0.25) is 0 Å². The van der Waals surface area contributed by atoms with Crippen LogP contribution in [0.25, 0.3) is 16.9 Å². The van der Waals surface area contributed by atoms with Crippen molar-refractivity contribution in [3.05, 3.63) is 53.6 Å². The average Bonchev–Trinajstić information content (AvgIpc) is 2.80. The van der Waals surface area contributed by atoms with E-state index in [2.05, 4.69) is 4.98 Å². The smallest absolute Gasteiger partial charge is 0.137 e. The van der Waals surface area contributed by atoms with Gasteiger partial charge in [-0.15, -0.1) is 0 Å². The van der Waals surface area contributed by atoms with E-state index in [4.69, 9.17) is 16.3 Å². The summed E-state index contributed by atoms with van der Waals surface area (Å²) >= 11 is 5.92. The summed E-state index contributed by atoms with van der Waals surface area (Å²) in [6.07, 6.45) is 3.45. The molecule has 3 aromatic rings. The van der Waals surface area contributed by atoms with Crippen molar-refractivity contribution in [1.29, 1.82) is 0 Å². The van der Waals surface area contributed by atoms with Gasteiger partial charge in [0.25, 0.3) is 0 Å². The summed E-state index contributed by atoms with van der Waals surface area (Å²) in [6.45, 7) is 0. The molecule has 2 aromatic heterocycles. The molecule has 0 spiro atoms. The van der Waals surface area contributed by atoms with Gasteiger partial charge in [0, 0.05) is 12.4 Å². The number of imidazole rings is 1. The molecule has 0 radical (unpaired) electrons. The van der Waals surface area contributed by atoms with Gasteiger partial charge in [0.1, 0.15) is 17.2 Å².